The number of ether oxygens (including phenoxy) is 2. The molecule has 29 heavy (non-hydrogen) atoms. The van der Waals surface area contributed by atoms with Crippen LogP contribution in [0.15, 0.2) is 58.4 Å². The number of esters is 1. The van der Waals surface area contributed by atoms with Gasteiger partial charge in [0.25, 0.3) is 5.56 Å². The van der Waals surface area contributed by atoms with Crippen LogP contribution in [0.25, 0.3) is 0 Å². The van der Waals surface area contributed by atoms with Crippen molar-refractivity contribution in [2.24, 2.45) is 5.10 Å². The van der Waals surface area contributed by atoms with Crippen LogP contribution in [0.4, 0.5) is 0 Å². The molecule has 9 heteroatoms. The Hall–Kier alpha value is -3.59. The van der Waals surface area contributed by atoms with Gasteiger partial charge in [0.15, 0.2) is 0 Å². The van der Waals surface area contributed by atoms with Crippen molar-refractivity contribution in [2.75, 3.05) is 7.11 Å². The van der Waals surface area contributed by atoms with Crippen molar-refractivity contribution in [2.45, 2.75) is 13.5 Å². The molecular weight excluding hydrogens is 392 g/mol. The fourth-order valence-corrected chi connectivity index (χ4v) is 2.55. The highest BCUT2D eigenvalue weighted by Gasteiger charge is 2.05. The van der Waals surface area contributed by atoms with Crippen LogP contribution in [0.3, 0.4) is 0 Å². The first-order chi connectivity index (χ1) is 14.0. The number of nitrogens with one attached hydrogen (secondary N) is 1. The Morgan fingerprint density at radius 1 is 1.21 bits per heavy atom. The molecule has 3 aromatic rings. The van der Waals surface area contributed by atoms with Crippen LogP contribution in [0.5, 0.6) is 5.75 Å². The number of benzene rings is 2. The second-order valence-corrected chi connectivity index (χ2v) is 6.41. The number of aromatic nitrogens is 3. The fraction of sp³-hybridized carbons (Fsp3) is 0.150. The Balaban J connectivity index is 1.63. The quantitative estimate of drug-likeness (QED) is 0.381. The standard InChI is InChI=1S/C20H18N4O4S/c1-13-18(25)24(20(29)23-22-13)21-11-14-5-9-17(10-6-14)28-12-15-3-7-16(8-4-15)19(26)27-2/h3-11H,12H2,1-2H3,(H,23,29). The minimum absolute atomic E-state index is 0.120. The van der Waals surface area contributed by atoms with E-state index in [0.29, 0.717) is 17.9 Å². The minimum Gasteiger partial charge on any atom is -0.489 e. The second kappa shape index (κ2) is 9.07. The van der Waals surface area contributed by atoms with E-state index in [0.717, 1.165) is 15.8 Å². The summed E-state index contributed by atoms with van der Waals surface area (Å²) in [6.45, 7) is 1.93. The summed E-state index contributed by atoms with van der Waals surface area (Å²) in [7, 11) is 1.35. The highest BCUT2D eigenvalue weighted by molar-refractivity contribution is 7.71. The molecule has 0 atom stereocenters. The van der Waals surface area contributed by atoms with E-state index in [1.165, 1.54) is 13.3 Å². The third kappa shape index (κ3) is 5.02. The van der Waals surface area contributed by atoms with Gasteiger partial charge in [0.2, 0.25) is 4.77 Å². The van der Waals surface area contributed by atoms with Gasteiger partial charge in [-0.15, -0.1) is 0 Å². The topological polar surface area (TPSA) is 98.6 Å². The van der Waals surface area contributed by atoms with Crippen molar-refractivity contribution in [3.63, 3.8) is 0 Å². The van der Waals surface area contributed by atoms with Crippen LogP contribution in [-0.4, -0.2) is 34.2 Å². The number of carbonyl (C=O) groups excluding carboxylic acids is 1. The molecule has 1 aromatic heterocycles. The average molecular weight is 410 g/mol. The third-order valence-electron chi connectivity index (χ3n) is 4.00. The highest BCUT2D eigenvalue weighted by atomic mass is 32.1. The Morgan fingerprint density at radius 3 is 2.55 bits per heavy atom. The molecule has 148 valence electrons. The van der Waals surface area contributed by atoms with Gasteiger partial charge in [0.1, 0.15) is 18.1 Å². The maximum atomic E-state index is 12.0. The van der Waals surface area contributed by atoms with Crippen molar-refractivity contribution in [3.05, 3.63) is 86.0 Å². The second-order valence-electron chi connectivity index (χ2n) is 6.02. The first kappa shape index (κ1) is 20.2. The van der Waals surface area contributed by atoms with E-state index in [1.54, 1.807) is 31.2 Å². The molecule has 0 saturated carbocycles. The summed E-state index contributed by atoms with van der Waals surface area (Å²) in [4.78, 5) is 23.5. The molecule has 0 aliphatic heterocycles. The molecule has 0 bridgehead atoms. The summed E-state index contributed by atoms with van der Waals surface area (Å²) in [5.41, 5.74) is 2.09. The summed E-state index contributed by atoms with van der Waals surface area (Å²) in [5, 5.41) is 10.5. The number of aryl methyl sites for hydroxylation is 1. The molecule has 2 aromatic carbocycles. The van der Waals surface area contributed by atoms with E-state index >= 15 is 0 Å². The molecule has 0 saturated heterocycles. The predicted molar refractivity (Wildman–Crippen MR) is 110 cm³/mol. The molecule has 0 radical (unpaired) electrons. The Kier molecular flexibility index (Phi) is 6.30. The maximum Gasteiger partial charge on any atom is 0.337 e. The lowest BCUT2D eigenvalue weighted by Gasteiger charge is -2.07. The van der Waals surface area contributed by atoms with Gasteiger partial charge in [-0.2, -0.15) is 14.9 Å². The minimum atomic E-state index is -0.375. The van der Waals surface area contributed by atoms with Gasteiger partial charge in [-0.1, -0.05) is 12.1 Å². The molecule has 0 fully saturated rings. The number of H-pyrrole nitrogens is 1. The van der Waals surface area contributed by atoms with Crippen LogP contribution in [0, 0.1) is 11.7 Å². The molecule has 3 rings (SSSR count). The monoisotopic (exact) mass is 410 g/mol. The lowest BCUT2D eigenvalue weighted by atomic mass is 10.1. The van der Waals surface area contributed by atoms with Crippen LogP contribution in [0.1, 0.15) is 27.2 Å². The first-order valence-electron chi connectivity index (χ1n) is 8.61. The van der Waals surface area contributed by atoms with Crippen LogP contribution >= 0.6 is 12.2 Å². The number of aromatic amines is 1. The van der Waals surface area contributed by atoms with E-state index in [2.05, 4.69) is 20.0 Å². The highest BCUT2D eigenvalue weighted by Crippen LogP contribution is 2.14. The maximum absolute atomic E-state index is 12.0. The Bertz CT molecular complexity index is 1150. The number of nitrogens with zero attached hydrogens (tertiary/aromatic N) is 3. The molecule has 0 aliphatic rings. The van der Waals surface area contributed by atoms with Crippen LogP contribution < -0.4 is 10.3 Å². The van der Waals surface area contributed by atoms with Crippen molar-refractivity contribution < 1.29 is 14.3 Å². The molecule has 8 nitrogen and oxygen atoms in total. The van der Waals surface area contributed by atoms with Crippen molar-refractivity contribution >= 4 is 24.4 Å². The van der Waals surface area contributed by atoms with Crippen molar-refractivity contribution in [1.82, 2.24) is 14.9 Å². The fourth-order valence-electron chi connectivity index (χ4n) is 2.37. The van der Waals surface area contributed by atoms with Crippen LogP contribution in [0.2, 0.25) is 0 Å². The summed E-state index contributed by atoms with van der Waals surface area (Å²) in [6.07, 6.45) is 1.53. The molecule has 0 amide bonds. The van der Waals surface area contributed by atoms with Gasteiger partial charge < -0.3 is 9.47 Å². The van der Waals surface area contributed by atoms with Gasteiger partial charge >= 0.3 is 5.97 Å². The van der Waals surface area contributed by atoms with Gasteiger partial charge in [-0.05, 0) is 66.7 Å². The van der Waals surface area contributed by atoms with E-state index in [4.69, 9.17) is 17.0 Å². The number of methoxy groups -OCH3 is 1. The number of hydrogen-bond donors (Lipinski definition) is 1. The zero-order valence-electron chi connectivity index (χ0n) is 15.8. The molecule has 0 aliphatic carbocycles. The summed E-state index contributed by atoms with van der Waals surface area (Å²) in [6, 6.07) is 14.2. The molecular formula is C20H18N4O4S. The lowest BCUT2D eigenvalue weighted by molar-refractivity contribution is 0.0600. The van der Waals surface area contributed by atoms with Crippen molar-refractivity contribution in [3.8, 4) is 5.75 Å². The third-order valence-corrected chi connectivity index (χ3v) is 4.26. The van der Waals surface area contributed by atoms with Gasteiger partial charge in [-0.3, -0.25) is 9.89 Å². The summed E-state index contributed by atoms with van der Waals surface area (Å²) in [5.74, 6) is 0.299. The van der Waals surface area contributed by atoms with Gasteiger partial charge in [0, 0.05) is 0 Å². The SMILES string of the molecule is COC(=O)c1ccc(COc2ccc(C=Nn3c(=S)[nH]nc(C)c3=O)cc2)cc1. The Labute approximate surface area is 171 Å². The molecule has 1 heterocycles. The molecule has 0 unspecified atom stereocenters. The lowest BCUT2D eigenvalue weighted by Crippen LogP contribution is -2.22. The molecule has 0 spiro atoms. The number of carbonyl (C=O) groups is 1. The summed E-state index contributed by atoms with van der Waals surface area (Å²) >= 11 is 5.03. The summed E-state index contributed by atoms with van der Waals surface area (Å²) < 4.78 is 11.6. The average Bonchev–Trinajstić information content (AvgIpc) is 2.75. The van der Waals surface area contributed by atoms with Gasteiger partial charge in [-0.25, -0.2) is 4.79 Å². The number of hydrogen-bond acceptors (Lipinski definition) is 7. The first-order valence-corrected chi connectivity index (χ1v) is 9.01. The van der Waals surface area contributed by atoms with E-state index in [-0.39, 0.29) is 22.0 Å². The van der Waals surface area contributed by atoms with Gasteiger partial charge in [0.05, 0.1) is 18.9 Å². The van der Waals surface area contributed by atoms with E-state index in [1.807, 2.05) is 24.3 Å². The zero-order chi connectivity index (χ0) is 20.8. The van der Waals surface area contributed by atoms with Crippen LogP contribution in [-0.2, 0) is 11.3 Å². The molecule has 1 N–H and O–H groups in total. The predicted octanol–water partition coefficient (Wildman–Crippen LogP) is 2.86. The Morgan fingerprint density at radius 2 is 1.90 bits per heavy atom. The smallest absolute Gasteiger partial charge is 0.337 e. The zero-order valence-corrected chi connectivity index (χ0v) is 16.6. The van der Waals surface area contributed by atoms with Crippen molar-refractivity contribution in [1.29, 1.82) is 0 Å². The van der Waals surface area contributed by atoms with E-state index < -0.39 is 0 Å². The number of rotatable bonds is 6. The largest absolute Gasteiger partial charge is 0.489 e. The normalized spacial score (nSPS) is 10.8. The van der Waals surface area contributed by atoms with E-state index in [9.17, 15) is 9.59 Å².